The lowest BCUT2D eigenvalue weighted by atomic mass is 10.4. The van der Waals surface area contributed by atoms with Gasteiger partial charge in [-0.25, -0.2) is 13.2 Å². The Morgan fingerprint density at radius 2 is 2.15 bits per heavy atom. The SMILES string of the molecule is CCOC(=O)c1sc(NCCS(C)(=O)=O)c(SC)c1N. The van der Waals surface area contributed by atoms with E-state index in [-0.39, 0.29) is 18.9 Å². The van der Waals surface area contributed by atoms with Crippen LogP contribution in [0, 0.1) is 0 Å². The first kappa shape index (κ1) is 17.1. The Labute approximate surface area is 127 Å². The largest absolute Gasteiger partial charge is 0.462 e. The van der Waals surface area contributed by atoms with E-state index in [0.29, 0.717) is 15.6 Å². The standard InChI is InChI=1S/C11H18N2O4S3/c1-4-17-11(14)9-7(12)8(18-2)10(19-9)13-5-6-20(3,15)16/h13H,4-6,12H2,1-3H3. The molecule has 1 heterocycles. The van der Waals surface area contributed by atoms with Crippen LogP contribution in [0.1, 0.15) is 16.6 Å². The van der Waals surface area contributed by atoms with E-state index in [2.05, 4.69) is 5.32 Å². The van der Waals surface area contributed by atoms with Gasteiger partial charge < -0.3 is 15.8 Å². The monoisotopic (exact) mass is 338 g/mol. The molecule has 1 aromatic rings. The number of carbonyl (C=O) groups excluding carboxylic acids is 1. The number of sulfone groups is 1. The molecule has 0 bridgehead atoms. The number of esters is 1. The van der Waals surface area contributed by atoms with Crippen molar-refractivity contribution >= 4 is 49.6 Å². The van der Waals surface area contributed by atoms with Gasteiger partial charge in [-0.1, -0.05) is 0 Å². The molecule has 0 aliphatic rings. The van der Waals surface area contributed by atoms with Crippen LogP contribution in [0.5, 0.6) is 0 Å². The van der Waals surface area contributed by atoms with Crippen molar-refractivity contribution in [3.05, 3.63) is 4.88 Å². The number of nitrogen functional groups attached to an aromatic ring is 1. The van der Waals surface area contributed by atoms with E-state index in [1.165, 1.54) is 29.4 Å². The van der Waals surface area contributed by atoms with Crippen molar-refractivity contribution in [3.63, 3.8) is 0 Å². The maximum absolute atomic E-state index is 11.8. The van der Waals surface area contributed by atoms with Crippen LogP contribution in [-0.4, -0.2) is 45.8 Å². The zero-order valence-corrected chi connectivity index (χ0v) is 14.0. The normalized spacial score (nSPS) is 11.3. The number of nitrogens with one attached hydrogen (secondary N) is 1. The molecule has 0 aliphatic heterocycles. The van der Waals surface area contributed by atoms with Gasteiger partial charge >= 0.3 is 5.97 Å². The zero-order valence-electron chi connectivity index (χ0n) is 11.6. The molecule has 0 saturated heterocycles. The fraction of sp³-hybridized carbons (Fsp3) is 0.545. The molecule has 20 heavy (non-hydrogen) atoms. The highest BCUT2D eigenvalue weighted by molar-refractivity contribution is 7.99. The highest BCUT2D eigenvalue weighted by atomic mass is 32.2. The number of ether oxygens (including phenoxy) is 1. The number of rotatable bonds is 7. The number of hydrogen-bond donors (Lipinski definition) is 2. The zero-order chi connectivity index (χ0) is 15.3. The molecule has 0 saturated carbocycles. The summed E-state index contributed by atoms with van der Waals surface area (Å²) in [5, 5.41) is 3.71. The van der Waals surface area contributed by atoms with Crippen molar-refractivity contribution < 1.29 is 17.9 Å². The van der Waals surface area contributed by atoms with Crippen LogP contribution in [0.3, 0.4) is 0 Å². The number of thioether (sulfide) groups is 1. The van der Waals surface area contributed by atoms with Gasteiger partial charge in [0.15, 0.2) is 0 Å². The first-order valence-electron chi connectivity index (χ1n) is 5.85. The van der Waals surface area contributed by atoms with Crippen molar-refractivity contribution in [3.8, 4) is 0 Å². The van der Waals surface area contributed by atoms with Gasteiger partial charge in [0.25, 0.3) is 0 Å². The van der Waals surface area contributed by atoms with E-state index in [9.17, 15) is 13.2 Å². The fourth-order valence-corrected chi connectivity index (χ4v) is 3.87. The highest BCUT2D eigenvalue weighted by Gasteiger charge is 2.21. The smallest absolute Gasteiger partial charge is 0.350 e. The Morgan fingerprint density at radius 3 is 2.65 bits per heavy atom. The summed E-state index contributed by atoms with van der Waals surface area (Å²) in [4.78, 5) is 12.8. The van der Waals surface area contributed by atoms with Gasteiger partial charge in [-0.15, -0.1) is 23.1 Å². The second-order valence-corrected chi connectivity index (χ2v) is 8.08. The van der Waals surface area contributed by atoms with Gasteiger partial charge in [-0.2, -0.15) is 0 Å². The van der Waals surface area contributed by atoms with Crippen LogP contribution in [0.2, 0.25) is 0 Å². The highest BCUT2D eigenvalue weighted by Crippen LogP contribution is 2.41. The van der Waals surface area contributed by atoms with E-state index >= 15 is 0 Å². The first-order valence-corrected chi connectivity index (χ1v) is 9.95. The van der Waals surface area contributed by atoms with E-state index < -0.39 is 15.8 Å². The lowest BCUT2D eigenvalue weighted by molar-refractivity contribution is 0.0533. The van der Waals surface area contributed by atoms with Crippen LogP contribution < -0.4 is 11.1 Å². The maximum atomic E-state index is 11.8. The van der Waals surface area contributed by atoms with Gasteiger partial charge in [0.2, 0.25) is 0 Å². The molecule has 0 aromatic carbocycles. The molecule has 0 aliphatic carbocycles. The Bertz CT molecular complexity index is 581. The van der Waals surface area contributed by atoms with Gasteiger partial charge in [0.1, 0.15) is 19.7 Å². The van der Waals surface area contributed by atoms with Gasteiger partial charge in [-0.3, -0.25) is 0 Å². The van der Waals surface area contributed by atoms with Crippen LogP contribution in [0.4, 0.5) is 10.7 Å². The lowest BCUT2D eigenvalue weighted by Gasteiger charge is -2.05. The minimum atomic E-state index is -3.03. The predicted octanol–water partition coefficient (Wildman–Crippen LogP) is 1.69. The van der Waals surface area contributed by atoms with Crippen LogP contribution in [0.25, 0.3) is 0 Å². The average molecular weight is 338 g/mol. The lowest BCUT2D eigenvalue weighted by Crippen LogP contribution is -2.13. The Morgan fingerprint density at radius 1 is 1.50 bits per heavy atom. The minimum Gasteiger partial charge on any atom is -0.462 e. The topological polar surface area (TPSA) is 98.5 Å². The number of thiophene rings is 1. The van der Waals surface area contributed by atoms with Crippen LogP contribution in [-0.2, 0) is 14.6 Å². The second-order valence-electron chi connectivity index (χ2n) is 3.98. The minimum absolute atomic E-state index is 0.0212. The van der Waals surface area contributed by atoms with Gasteiger partial charge in [0.05, 0.1) is 22.9 Å². The summed E-state index contributed by atoms with van der Waals surface area (Å²) >= 11 is 2.59. The summed E-state index contributed by atoms with van der Waals surface area (Å²) in [6.07, 6.45) is 3.02. The molecule has 0 unspecified atom stereocenters. The van der Waals surface area contributed by atoms with Crippen molar-refractivity contribution in [2.45, 2.75) is 11.8 Å². The molecule has 9 heteroatoms. The third-order valence-electron chi connectivity index (χ3n) is 2.32. The molecular weight excluding hydrogens is 320 g/mol. The maximum Gasteiger partial charge on any atom is 0.350 e. The van der Waals surface area contributed by atoms with Crippen molar-refractivity contribution in [2.24, 2.45) is 0 Å². The summed E-state index contributed by atoms with van der Waals surface area (Å²) in [7, 11) is -3.03. The van der Waals surface area contributed by atoms with Crippen molar-refractivity contribution in [1.82, 2.24) is 0 Å². The van der Waals surface area contributed by atoms with E-state index in [4.69, 9.17) is 10.5 Å². The Kier molecular flexibility index (Phi) is 6.15. The quantitative estimate of drug-likeness (QED) is 0.576. The summed E-state index contributed by atoms with van der Waals surface area (Å²) in [5.41, 5.74) is 6.31. The van der Waals surface area contributed by atoms with E-state index in [1.807, 2.05) is 6.26 Å². The number of hydrogen-bond acceptors (Lipinski definition) is 8. The van der Waals surface area contributed by atoms with Crippen LogP contribution in [0.15, 0.2) is 4.90 Å². The Hall–Kier alpha value is -0.930. The molecule has 3 N–H and O–H groups in total. The predicted molar refractivity (Wildman–Crippen MR) is 84.7 cm³/mol. The molecule has 0 amide bonds. The van der Waals surface area contributed by atoms with Crippen molar-refractivity contribution in [2.75, 3.05) is 42.5 Å². The van der Waals surface area contributed by atoms with Crippen LogP contribution >= 0.6 is 23.1 Å². The number of nitrogens with two attached hydrogens (primary N) is 1. The molecule has 0 radical (unpaired) electrons. The molecule has 1 aromatic heterocycles. The molecule has 0 spiro atoms. The third-order valence-corrected chi connectivity index (χ3v) is 5.37. The second kappa shape index (κ2) is 7.19. The molecule has 0 atom stereocenters. The molecule has 1 rings (SSSR count). The molecule has 114 valence electrons. The third kappa shape index (κ3) is 4.57. The average Bonchev–Trinajstić information content (AvgIpc) is 2.64. The molecule has 6 nitrogen and oxygen atoms in total. The first-order chi connectivity index (χ1) is 9.30. The Balaban J connectivity index is 2.91. The molecule has 0 fully saturated rings. The summed E-state index contributed by atoms with van der Waals surface area (Å²) in [6.45, 7) is 2.28. The van der Waals surface area contributed by atoms with Gasteiger partial charge in [-0.05, 0) is 13.2 Å². The fourth-order valence-electron chi connectivity index (χ4n) is 1.45. The van der Waals surface area contributed by atoms with Gasteiger partial charge in [0, 0.05) is 12.8 Å². The number of anilines is 2. The summed E-state index contributed by atoms with van der Waals surface area (Å²) < 4.78 is 27.1. The van der Waals surface area contributed by atoms with Crippen molar-refractivity contribution in [1.29, 1.82) is 0 Å². The summed E-state index contributed by atoms with van der Waals surface area (Å²) in [5.74, 6) is -0.436. The molecular formula is C11H18N2O4S3. The van der Waals surface area contributed by atoms with E-state index in [0.717, 1.165) is 4.90 Å². The number of carbonyl (C=O) groups is 1. The summed E-state index contributed by atoms with van der Waals surface area (Å²) in [6, 6.07) is 0. The van der Waals surface area contributed by atoms with E-state index in [1.54, 1.807) is 6.92 Å².